The monoisotopic (exact) mass is 378 g/mol. The van der Waals surface area contributed by atoms with Crippen molar-refractivity contribution in [1.82, 2.24) is 10.6 Å². The summed E-state index contributed by atoms with van der Waals surface area (Å²) in [6, 6.07) is 16.6. The number of rotatable bonds is 9. The third-order valence-electron chi connectivity index (χ3n) is 3.95. The molecule has 146 valence electrons. The predicted octanol–water partition coefficient (Wildman–Crippen LogP) is 3.94. The molecule has 0 aliphatic rings. The lowest BCUT2D eigenvalue weighted by molar-refractivity contribution is -0.117. The molecule has 2 rings (SSSR count). The zero-order valence-electron chi connectivity index (χ0n) is 16.3. The van der Waals surface area contributed by atoms with Gasteiger partial charge in [0, 0.05) is 12.6 Å². The molecule has 0 aliphatic carbocycles. The van der Waals surface area contributed by atoms with Gasteiger partial charge in [-0.3, -0.25) is 9.59 Å². The Bertz CT molecular complexity index is 825. The first-order chi connectivity index (χ1) is 13.6. The molecule has 28 heavy (non-hydrogen) atoms. The third-order valence-corrected chi connectivity index (χ3v) is 3.95. The van der Waals surface area contributed by atoms with Crippen LogP contribution in [0.4, 0.5) is 0 Å². The molecule has 2 amide bonds. The summed E-state index contributed by atoms with van der Waals surface area (Å²) >= 11 is 0. The summed E-state index contributed by atoms with van der Waals surface area (Å²) in [5.41, 5.74) is 1.62. The molecular formula is C23H26N2O3. The van der Waals surface area contributed by atoms with Gasteiger partial charge in [0.25, 0.3) is 11.8 Å². The van der Waals surface area contributed by atoms with Crippen LogP contribution in [0.1, 0.15) is 35.7 Å². The van der Waals surface area contributed by atoms with Crippen LogP contribution in [0.3, 0.4) is 0 Å². The molecule has 0 aliphatic heterocycles. The van der Waals surface area contributed by atoms with E-state index in [0.29, 0.717) is 12.2 Å². The fraction of sp³-hybridized carbons (Fsp3) is 0.217. The Balaban J connectivity index is 2.05. The number of allylic oxidation sites excluding steroid dienone is 2. The molecule has 5 heteroatoms. The Morgan fingerprint density at radius 1 is 1.04 bits per heavy atom. The summed E-state index contributed by atoms with van der Waals surface area (Å²) in [6.07, 6.45) is 7.21. The fourth-order valence-corrected chi connectivity index (χ4v) is 2.36. The van der Waals surface area contributed by atoms with Crippen molar-refractivity contribution in [2.24, 2.45) is 0 Å². The zero-order valence-corrected chi connectivity index (χ0v) is 16.3. The predicted molar refractivity (Wildman–Crippen MR) is 112 cm³/mol. The first-order valence-corrected chi connectivity index (χ1v) is 9.33. The molecule has 0 bridgehead atoms. The summed E-state index contributed by atoms with van der Waals surface area (Å²) in [4.78, 5) is 24.6. The number of unbranched alkanes of at least 4 members (excludes halogenated alkanes) is 1. The Morgan fingerprint density at radius 2 is 1.75 bits per heavy atom. The van der Waals surface area contributed by atoms with Crippen molar-refractivity contribution in [2.75, 3.05) is 13.7 Å². The van der Waals surface area contributed by atoms with Crippen LogP contribution >= 0.6 is 0 Å². The molecule has 2 aromatic carbocycles. The molecule has 2 aromatic rings. The SMILES string of the molecule is CCCCOc1ccc(C(=O)N/C(=C/C=C/c2ccccc2)C(=O)NC)cc1. The number of nitrogens with one attached hydrogen (secondary N) is 2. The van der Waals surface area contributed by atoms with Gasteiger partial charge in [-0.25, -0.2) is 0 Å². The van der Waals surface area contributed by atoms with Crippen molar-refractivity contribution in [1.29, 1.82) is 0 Å². The molecule has 0 fully saturated rings. The number of hydrogen-bond donors (Lipinski definition) is 2. The molecule has 5 nitrogen and oxygen atoms in total. The van der Waals surface area contributed by atoms with E-state index in [1.54, 1.807) is 36.4 Å². The second kappa shape index (κ2) is 11.4. The number of carbonyl (C=O) groups is 2. The molecule has 2 N–H and O–H groups in total. The minimum atomic E-state index is -0.370. The van der Waals surface area contributed by atoms with Gasteiger partial charge in [0.2, 0.25) is 0 Å². The zero-order chi connectivity index (χ0) is 20.2. The molecule has 0 saturated carbocycles. The minimum Gasteiger partial charge on any atom is -0.494 e. The average molecular weight is 378 g/mol. The number of ether oxygens (including phenoxy) is 1. The first-order valence-electron chi connectivity index (χ1n) is 9.33. The Kier molecular flexibility index (Phi) is 8.53. The van der Waals surface area contributed by atoms with Crippen LogP contribution in [0.2, 0.25) is 0 Å². The maximum Gasteiger partial charge on any atom is 0.267 e. The van der Waals surface area contributed by atoms with E-state index in [2.05, 4.69) is 17.6 Å². The summed E-state index contributed by atoms with van der Waals surface area (Å²) in [5, 5.41) is 5.19. The molecule has 0 atom stereocenters. The number of benzene rings is 2. The quantitative estimate of drug-likeness (QED) is 0.395. The van der Waals surface area contributed by atoms with E-state index >= 15 is 0 Å². The highest BCUT2D eigenvalue weighted by molar-refractivity contribution is 6.03. The number of likely N-dealkylation sites (N-methyl/N-ethyl adjacent to an activating group) is 1. The van der Waals surface area contributed by atoms with E-state index < -0.39 is 0 Å². The van der Waals surface area contributed by atoms with E-state index in [9.17, 15) is 9.59 Å². The highest BCUT2D eigenvalue weighted by Crippen LogP contribution is 2.13. The van der Waals surface area contributed by atoms with Gasteiger partial charge in [0.05, 0.1) is 6.61 Å². The molecule has 0 aromatic heterocycles. The lowest BCUT2D eigenvalue weighted by Gasteiger charge is -2.09. The van der Waals surface area contributed by atoms with E-state index in [1.807, 2.05) is 36.4 Å². The van der Waals surface area contributed by atoms with E-state index in [4.69, 9.17) is 4.74 Å². The maximum atomic E-state index is 12.5. The lowest BCUT2D eigenvalue weighted by atomic mass is 10.2. The van der Waals surface area contributed by atoms with Gasteiger partial charge < -0.3 is 15.4 Å². The van der Waals surface area contributed by atoms with Crippen LogP contribution in [0.5, 0.6) is 5.75 Å². The smallest absolute Gasteiger partial charge is 0.267 e. The van der Waals surface area contributed by atoms with Crippen molar-refractivity contribution in [3.8, 4) is 5.75 Å². The Morgan fingerprint density at radius 3 is 2.39 bits per heavy atom. The fourth-order valence-electron chi connectivity index (χ4n) is 2.36. The van der Waals surface area contributed by atoms with Crippen molar-refractivity contribution in [3.63, 3.8) is 0 Å². The van der Waals surface area contributed by atoms with Gasteiger partial charge in [-0.1, -0.05) is 55.8 Å². The average Bonchev–Trinajstić information content (AvgIpc) is 2.73. The lowest BCUT2D eigenvalue weighted by Crippen LogP contribution is -2.33. The minimum absolute atomic E-state index is 0.169. The second-order valence-electron chi connectivity index (χ2n) is 6.11. The van der Waals surface area contributed by atoms with E-state index in [-0.39, 0.29) is 17.5 Å². The second-order valence-corrected chi connectivity index (χ2v) is 6.11. The topological polar surface area (TPSA) is 67.4 Å². The number of hydrogen-bond acceptors (Lipinski definition) is 3. The summed E-state index contributed by atoms with van der Waals surface area (Å²) in [7, 11) is 1.52. The normalized spacial score (nSPS) is 11.3. The van der Waals surface area contributed by atoms with E-state index in [1.165, 1.54) is 7.05 Å². The summed E-state index contributed by atoms with van der Waals surface area (Å²) < 4.78 is 5.60. The van der Waals surface area contributed by atoms with Crippen molar-refractivity contribution in [2.45, 2.75) is 19.8 Å². The van der Waals surface area contributed by atoms with Crippen molar-refractivity contribution >= 4 is 17.9 Å². The van der Waals surface area contributed by atoms with Crippen LogP contribution in [0.15, 0.2) is 72.4 Å². The Hall–Kier alpha value is -3.34. The maximum absolute atomic E-state index is 12.5. The van der Waals surface area contributed by atoms with Gasteiger partial charge in [0.15, 0.2) is 0 Å². The molecule has 0 heterocycles. The molecule has 0 saturated heterocycles. The highest BCUT2D eigenvalue weighted by Gasteiger charge is 2.12. The molecular weight excluding hydrogens is 352 g/mol. The molecule has 0 spiro atoms. The van der Waals surface area contributed by atoms with Gasteiger partial charge >= 0.3 is 0 Å². The highest BCUT2D eigenvalue weighted by atomic mass is 16.5. The summed E-state index contributed by atoms with van der Waals surface area (Å²) in [5.74, 6) is -0.00786. The van der Waals surface area contributed by atoms with Gasteiger partial charge in [-0.15, -0.1) is 0 Å². The van der Waals surface area contributed by atoms with Crippen molar-refractivity contribution < 1.29 is 14.3 Å². The van der Waals surface area contributed by atoms with Gasteiger partial charge in [0.1, 0.15) is 11.4 Å². The van der Waals surface area contributed by atoms with Crippen LogP contribution < -0.4 is 15.4 Å². The number of amides is 2. The van der Waals surface area contributed by atoms with Crippen LogP contribution in [0.25, 0.3) is 6.08 Å². The van der Waals surface area contributed by atoms with Crippen molar-refractivity contribution in [3.05, 3.63) is 83.6 Å². The first kappa shape index (κ1) is 21.0. The molecule has 0 unspecified atom stereocenters. The van der Waals surface area contributed by atoms with Crippen LogP contribution in [0, 0.1) is 0 Å². The van der Waals surface area contributed by atoms with Crippen LogP contribution in [-0.2, 0) is 4.79 Å². The largest absolute Gasteiger partial charge is 0.494 e. The van der Waals surface area contributed by atoms with Gasteiger partial charge in [-0.05, 0) is 42.3 Å². The summed E-state index contributed by atoms with van der Waals surface area (Å²) in [6.45, 7) is 2.75. The Labute approximate surface area is 166 Å². The van der Waals surface area contributed by atoms with Crippen LogP contribution in [-0.4, -0.2) is 25.5 Å². The van der Waals surface area contributed by atoms with Gasteiger partial charge in [-0.2, -0.15) is 0 Å². The van der Waals surface area contributed by atoms with E-state index in [0.717, 1.165) is 24.2 Å². The molecule has 0 radical (unpaired) electrons. The number of carbonyl (C=O) groups excluding carboxylic acids is 2. The standard InChI is InChI=1S/C23H26N2O3/c1-3-4-17-28-20-15-13-19(14-16-20)22(26)25-21(23(27)24-2)12-8-11-18-9-6-5-7-10-18/h5-16H,3-4,17H2,1-2H3,(H,24,27)(H,25,26)/b11-8+,21-12+. The third kappa shape index (κ3) is 6.76.